The van der Waals surface area contributed by atoms with Crippen LogP contribution in [0.5, 0.6) is 5.75 Å². The fourth-order valence-corrected chi connectivity index (χ4v) is 1.62. The largest absolute Gasteiger partial charge is 0.493 e. The van der Waals surface area contributed by atoms with E-state index in [0.717, 1.165) is 11.3 Å². The van der Waals surface area contributed by atoms with E-state index in [1.54, 1.807) is 0 Å². The Balaban J connectivity index is 2.54. The predicted molar refractivity (Wildman–Crippen MR) is 67.3 cm³/mol. The molecule has 1 aromatic rings. The first kappa shape index (κ1) is 13.6. The summed E-state index contributed by atoms with van der Waals surface area (Å²) in [6, 6.07) is 7.79. The standard InChI is InChI=1S/C14H20O3/c1-10(2)12(8-14(15)16)9-17-13-6-4-5-11(3)7-13/h4-7,10,12H,8-9H2,1-3H3,(H,15,16). The molecule has 1 aromatic carbocycles. The van der Waals surface area contributed by atoms with Gasteiger partial charge in [0, 0.05) is 5.92 Å². The fraction of sp³-hybridized carbons (Fsp3) is 0.500. The molecule has 0 heterocycles. The highest BCUT2D eigenvalue weighted by Crippen LogP contribution is 2.19. The van der Waals surface area contributed by atoms with Gasteiger partial charge in [-0.15, -0.1) is 0 Å². The number of carboxylic acid groups (broad SMARTS) is 1. The third-order valence-corrected chi connectivity index (χ3v) is 2.83. The number of hydrogen-bond acceptors (Lipinski definition) is 2. The molecule has 0 amide bonds. The van der Waals surface area contributed by atoms with Gasteiger partial charge < -0.3 is 9.84 Å². The second-order valence-corrected chi connectivity index (χ2v) is 4.73. The second kappa shape index (κ2) is 6.28. The van der Waals surface area contributed by atoms with Gasteiger partial charge in [-0.1, -0.05) is 26.0 Å². The van der Waals surface area contributed by atoms with Gasteiger partial charge in [-0.25, -0.2) is 0 Å². The fourth-order valence-electron chi connectivity index (χ4n) is 1.62. The minimum atomic E-state index is -0.767. The minimum Gasteiger partial charge on any atom is -0.493 e. The van der Waals surface area contributed by atoms with Gasteiger partial charge in [0.15, 0.2) is 0 Å². The first-order chi connectivity index (χ1) is 7.99. The maximum absolute atomic E-state index is 10.7. The van der Waals surface area contributed by atoms with Crippen molar-refractivity contribution in [3.63, 3.8) is 0 Å². The van der Waals surface area contributed by atoms with Crippen LogP contribution in [-0.4, -0.2) is 17.7 Å². The molecule has 0 bridgehead atoms. The summed E-state index contributed by atoms with van der Waals surface area (Å²) in [7, 11) is 0. The molecule has 1 rings (SSSR count). The van der Waals surface area contributed by atoms with E-state index in [1.807, 2.05) is 45.0 Å². The monoisotopic (exact) mass is 236 g/mol. The first-order valence-corrected chi connectivity index (χ1v) is 5.90. The van der Waals surface area contributed by atoms with Gasteiger partial charge in [0.05, 0.1) is 13.0 Å². The van der Waals surface area contributed by atoms with Crippen molar-refractivity contribution in [2.45, 2.75) is 27.2 Å². The summed E-state index contributed by atoms with van der Waals surface area (Å²) in [5, 5.41) is 8.82. The Labute approximate surface area is 102 Å². The van der Waals surface area contributed by atoms with Crippen molar-refractivity contribution in [3.8, 4) is 5.75 Å². The zero-order chi connectivity index (χ0) is 12.8. The van der Waals surface area contributed by atoms with E-state index >= 15 is 0 Å². The number of ether oxygens (including phenoxy) is 1. The number of carbonyl (C=O) groups is 1. The molecule has 3 heteroatoms. The number of benzene rings is 1. The van der Waals surface area contributed by atoms with Crippen LogP contribution in [0.25, 0.3) is 0 Å². The van der Waals surface area contributed by atoms with Gasteiger partial charge in [0.1, 0.15) is 5.75 Å². The van der Waals surface area contributed by atoms with Crippen molar-refractivity contribution in [2.75, 3.05) is 6.61 Å². The van der Waals surface area contributed by atoms with Crippen LogP contribution in [-0.2, 0) is 4.79 Å². The van der Waals surface area contributed by atoms with E-state index in [0.29, 0.717) is 12.5 Å². The summed E-state index contributed by atoms with van der Waals surface area (Å²) in [5.74, 6) is 0.390. The average molecular weight is 236 g/mol. The smallest absolute Gasteiger partial charge is 0.303 e. The Bertz CT molecular complexity index is 371. The van der Waals surface area contributed by atoms with Crippen LogP contribution in [0.15, 0.2) is 24.3 Å². The molecule has 17 heavy (non-hydrogen) atoms. The summed E-state index contributed by atoms with van der Waals surface area (Å²) < 4.78 is 5.65. The highest BCUT2D eigenvalue weighted by Gasteiger charge is 2.17. The zero-order valence-electron chi connectivity index (χ0n) is 10.6. The summed E-state index contributed by atoms with van der Waals surface area (Å²) in [6.07, 6.45) is 0.156. The lowest BCUT2D eigenvalue weighted by Gasteiger charge is -2.19. The van der Waals surface area contributed by atoms with Gasteiger partial charge in [0.2, 0.25) is 0 Å². The second-order valence-electron chi connectivity index (χ2n) is 4.73. The molecular formula is C14H20O3. The number of hydrogen-bond donors (Lipinski definition) is 1. The molecule has 0 aromatic heterocycles. The van der Waals surface area contributed by atoms with E-state index in [2.05, 4.69) is 0 Å². The van der Waals surface area contributed by atoms with Crippen molar-refractivity contribution in [2.24, 2.45) is 11.8 Å². The molecule has 0 aliphatic heterocycles. The van der Waals surface area contributed by atoms with Crippen molar-refractivity contribution >= 4 is 5.97 Å². The van der Waals surface area contributed by atoms with E-state index in [-0.39, 0.29) is 12.3 Å². The van der Waals surface area contributed by atoms with E-state index in [4.69, 9.17) is 9.84 Å². The number of carboxylic acids is 1. The highest BCUT2D eigenvalue weighted by molar-refractivity contribution is 5.67. The highest BCUT2D eigenvalue weighted by atomic mass is 16.5. The molecule has 3 nitrogen and oxygen atoms in total. The third-order valence-electron chi connectivity index (χ3n) is 2.83. The topological polar surface area (TPSA) is 46.5 Å². The summed E-state index contributed by atoms with van der Waals surface area (Å²) in [5.41, 5.74) is 1.14. The molecule has 1 N–H and O–H groups in total. The molecule has 0 spiro atoms. The van der Waals surface area contributed by atoms with Crippen LogP contribution in [0.2, 0.25) is 0 Å². The van der Waals surface area contributed by atoms with Crippen molar-refractivity contribution < 1.29 is 14.6 Å². The van der Waals surface area contributed by atoms with Gasteiger partial charge in [-0.2, -0.15) is 0 Å². The Hall–Kier alpha value is -1.51. The summed E-state index contributed by atoms with van der Waals surface area (Å²) >= 11 is 0. The van der Waals surface area contributed by atoms with Crippen LogP contribution in [0.1, 0.15) is 25.8 Å². The van der Waals surface area contributed by atoms with E-state index in [1.165, 1.54) is 0 Å². The number of aliphatic carboxylic acids is 1. The molecule has 0 radical (unpaired) electrons. The van der Waals surface area contributed by atoms with E-state index in [9.17, 15) is 4.79 Å². The van der Waals surface area contributed by atoms with Crippen LogP contribution in [0, 0.1) is 18.8 Å². The van der Waals surface area contributed by atoms with Crippen LogP contribution in [0.4, 0.5) is 0 Å². The summed E-state index contributed by atoms with van der Waals surface area (Å²) in [4.78, 5) is 10.7. The maximum atomic E-state index is 10.7. The normalized spacial score (nSPS) is 12.5. The first-order valence-electron chi connectivity index (χ1n) is 5.90. The molecule has 0 aliphatic carbocycles. The van der Waals surface area contributed by atoms with Gasteiger partial charge in [-0.3, -0.25) is 4.79 Å². The molecule has 0 saturated heterocycles. The van der Waals surface area contributed by atoms with Crippen molar-refractivity contribution in [3.05, 3.63) is 29.8 Å². The van der Waals surface area contributed by atoms with Crippen LogP contribution >= 0.6 is 0 Å². The van der Waals surface area contributed by atoms with Gasteiger partial charge >= 0.3 is 5.97 Å². The van der Waals surface area contributed by atoms with Gasteiger partial charge in [-0.05, 0) is 30.5 Å². The molecular weight excluding hydrogens is 216 g/mol. The molecule has 94 valence electrons. The lowest BCUT2D eigenvalue weighted by molar-refractivity contribution is -0.138. The van der Waals surface area contributed by atoms with E-state index < -0.39 is 5.97 Å². The minimum absolute atomic E-state index is 0.0491. The Morgan fingerprint density at radius 3 is 2.65 bits per heavy atom. The Kier molecular flexibility index (Phi) is 5.01. The van der Waals surface area contributed by atoms with Crippen LogP contribution < -0.4 is 4.74 Å². The maximum Gasteiger partial charge on any atom is 0.303 e. The molecule has 1 atom stereocenters. The third kappa shape index (κ3) is 4.89. The Morgan fingerprint density at radius 2 is 2.12 bits per heavy atom. The average Bonchev–Trinajstić information content (AvgIpc) is 2.23. The van der Waals surface area contributed by atoms with Crippen molar-refractivity contribution in [1.82, 2.24) is 0 Å². The van der Waals surface area contributed by atoms with Gasteiger partial charge in [0.25, 0.3) is 0 Å². The lowest BCUT2D eigenvalue weighted by atomic mass is 9.93. The predicted octanol–water partition coefficient (Wildman–Crippen LogP) is 3.12. The molecule has 0 fully saturated rings. The summed E-state index contributed by atoms with van der Waals surface area (Å²) in [6.45, 7) is 6.50. The quantitative estimate of drug-likeness (QED) is 0.825. The Morgan fingerprint density at radius 1 is 1.41 bits per heavy atom. The molecule has 0 saturated carbocycles. The zero-order valence-corrected chi connectivity index (χ0v) is 10.6. The van der Waals surface area contributed by atoms with Crippen LogP contribution in [0.3, 0.4) is 0 Å². The number of aryl methyl sites for hydroxylation is 1. The lowest BCUT2D eigenvalue weighted by Crippen LogP contribution is -2.21. The SMILES string of the molecule is Cc1cccc(OCC(CC(=O)O)C(C)C)c1. The molecule has 0 aliphatic rings. The molecule has 1 unspecified atom stereocenters. The number of rotatable bonds is 6. The van der Waals surface area contributed by atoms with Crippen molar-refractivity contribution in [1.29, 1.82) is 0 Å².